The minimum absolute atomic E-state index is 0.212. The first-order chi connectivity index (χ1) is 6.81. The van der Waals surface area contributed by atoms with Gasteiger partial charge in [-0.2, -0.15) is 4.98 Å². The number of nitrogens with one attached hydrogen (secondary N) is 2. The third-order valence-corrected chi connectivity index (χ3v) is 2.55. The Morgan fingerprint density at radius 2 is 2.36 bits per heavy atom. The zero-order chi connectivity index (χ0) is 9.97. The molecule has 4 heteroatoms. The van der Waals surface area contributed by atoms with Crippen molar-refractivity contribution in [2.75, 3.05) is 6.54 Å². The number of H-pyrrole nitrogens is 1. The molecule has 0 aliphatic carbocycles. The molecule has 76 valence electrons. The molecule has 2 rings (SSSR count). The Kier molecular flexibility index (Phi) is 2.63. The van der Waals surface area contributed by atoms with Gasteiger partial charge in [-0.3, -0.25) is 0 Å². The van der Waals surface area contributed by atoms with Crippen LogP contribution in [0.5, 0.6) is 0 Å². The molecule has 0 spiro atoms. The van der Waals surface area contributed by atoms with E-state index in [0.29, 0.717) is 0 Å². The summed E-state index contributed by atoms with van der Waals surface area (Å²) in [4.78, 5) is 18.1. The number of aromatic nitrogens is 2. The lowest BCUT2D eigenvalue weighted by Crippen LogP contribution is -2.30. The van der Waals surface area contributed by atoms with E-state index in [1.807, 2.05) is 0 Å². The van der Waals surface area contributed by atoms with Crippen LogP contribution in [0.2, 0.25) is 0 Å². The number of nitrogens with zero attached hydrogens (tertiary/aromatic N) is 1. The summed E-state index contributed by atoms with van der Waals surface area (Å²) in [6, 6.07) is 0. The Bertz CT molecular complexity index is 383. The molecule has 0 aromatic carbocycles. The zero-order valence-corrected chi connectivity index (χ0v) is 8.39. The molecular weight excluding hydrogens is 178 g/mol. The molecule has 0 saturated carbocycles. The van der Waals surface area contributed by atoms with E-state index in [1.54, 1.807) is 0 Å². The molecule has 0 amide bonds. The first-order valence-electron chi connectivity index (χ1n) is 5.13. The fraction of sp³-hybridized carbons (Fsp3) is 0.600. The summed E-state index contributed by atoms with van der Waals surface area (Å²) in [7, 11) is 0. The lowest BCUT2D eigenvalue weighted by Gasteiger charge is -2.18. The Balaban J connectivity index is 2.47. The third kappa shape index (κ3) is 1.70. The van der Waals surface area contributed by atoms with Crippen molar-refractivity contribution in [3.8, 4) is 0 Å². The number of fused-ring (bicyclic) bond motifs is 1. The molecule has 14 heavy (non-hydrogen) atoms. The van der Waals surface area contributed by atoms with Gasteiger partial charge in [-0.25, -0.2) is 4.79 Å². The van der Waals surface area contributed by atoms with E-state index in [4.69, 9.17) is 0 Å². The van der Waals surface area contributed by atoms with Gasteiger partial charge in [0.25, 0.3) is 0 Å². The predicted octanol–water partition coefficient (Wildman–Crippen LogP) is 0.368. The maximum atomic E-state index is 11.2. The van der Waals surface area contributed by atoms with Gasteiger partial charge in [0.2, 0.25) is 0 Å². The highest BCUT2D eigenvalue weighted by Gasteiger charge is 2.14. The fourth-order valence-corrected chi connectivity index (χ4v) is 1.91. The maximum absolute atomic E-state index is 11.2. The summed E-state index contributed by atoms with van der Waals surface area (Å²) < 4.78 is 0. The number of hydrogen-bond acceptors (Lipinski definition) is 3. The van der Waals surface area contributed by atoms with Crippen LogP contribution in [0, 0.1) is 0 Å². The Labute approximate surface area is 82.8 Å². The molecule has 4 nitrogen and oxygen atoms in total. The van der Waals surface area contributed by atoms with Crippen molar-refractivity contribution in [1.29, 1.82) is 0 Å². The predicted molar refractivity (Wildman–Crippen MR) is 54.3 cm³/mol. The maximum Gasteiger partial charge on any atom is 0.345 e. The second-order valence-electron chi connectivity index (χ2n) is 3.62. The average molecular weight is 193 g/mol. The van der Waals surface area contributed by atoms with Crippen LogP contribution in [0.25, 0.3) is 0 Å². The monoisotopic (exact) mass is 193 g/mol. The van der Waals surface area contributed by atoms with Crippen LogP contribution in [0.4, 0.5) is 0 Å². The second kappa shape index (κ2) is 3.92. The van der Waals surface area contributed by atoms with Crippen molar-refractivity contribution in [1.82, 2.24) is 15.3 Å². The van der Waals surface area contributed by atoms with E-state index in [2.05, 4.69) is 22.2 Å². The smallest absolute Gasteiger partial charge is 0.311 e. The molecule has 0 unspecified atom stereocenters. The Morgan fingerprint density at radius 1 is 1.50 bits per heavy atom. The molecule has 1 aromatic heterocycles. The highest BCUT2D eigenvalue weighted by molar-refractivity contribution is 5.27. The molecule has 0 radical (unpaired) electrons. The van der Waals surface area contributed by atoms with Crippen molar-refractivity contribution in [3.05, 3.63) is 27.4 Å². The van der Waals surface area contributed by atoms with Gasteiger partial charge in [-0.1, -0.05) is 13.3 Å². The summed E-state index contributed by atoms with van der Waals surface area (Å²) in [5, 5.41) is 3.24. The SMILES string of the molecule is CCCc1nc(=O)[nH]c2c1CCNC2. The van der Waals surface area contributed by atoms with Crippen LogP contribution in [-0.4, -0.2) is 16.5 Å². The summed E-state index contributed by atoms with van der Waals surface area (Å²) in [6.07, 6.45) is 2.93. The van der Waals surface area contributed by atoms with E-state index in [-0.39, 0.29) is 5.69 Å². The molecule has 2 N–H and O–H groups in total. The lowest BCUT2D eigenvalue weighted by atomic mass is 10.0. The standard InChI is InChI=1S/C10H15N3O/c1-2-3-8-7-4-5-11-6-9(7)13-10(14)12-8/h11H,2-6H2,1H3,(H,12,13,14). The van der Waals surface area contributed by atoms with Crippen LogP contribution >= 0.6 is 0 Å². The van der Waals surface area contributed by atoms with E-state index >= 15 is 0 Å². The molecular formula is C10H15N3O. The molecule has 0 bridgehead atoms. The van der Waals surface area contributed by atoms with E-state index in [9.17, 15) is 4.79 Å². The van der Waals surface area contributed by atoms with Crippen molar-refractivity contribution >= 4 is 0 Å². The Hall–Kier alpha value is -1.16. The van der Waals surface area contributed by atoms with Gasteiger partial charge in [0.15, 0.2) is 0 Å². The minimum atomic E-state index is -0.212. The summed E-state index contributed by atoms with van der Waals surface area (Å²) >= 11 is 0. The van der Waals surface area contributed by atoms with Crippen molar-refractivity contribution < 1.29 is 0 Å². The van der Waals surface area contributed by atoms with Crippen LogP contribution in [-0.2, 0) is 19.4 Å². The number of aryl methyl sites for hydroxylation is 1. The van der Waals surface area contributed by atoms with E-state index < -0.39 is 0 Å². The van der Waals surface area contributed by atoms with Crippen LogP contribution in [0.3, 0.4) is 0 Å². The molecule has 2 heterocycles. The lowest BCUT2D eigenvalue weighted by molar-refractivity contribution is 0.609. The largest absolute Gasteiger partial charge is 0.345 e. The van der Waals surface area contributed by atoms with Gasteiger partial charge < -0.3 is 10.3 Å². The molecule has 1 aliphatic heterocycles. The highest BCUT2D eigenvalue weighted by Crippen LogP contribution is 2.14. The number of rotatable bonds is 2. The number of hydrogen-bond donors (Lipinski definition) is 2. The van der Waals surface area contributed by atoms with E-state index in [0.717, 1.165) is 43.7 Å². The van der Waals surface area contributed by atoms with Crippen molar-refractivity contribution in [2.24, 2.45) is 0 Å². The summed E-state index contributed by atoms with van der Waals surface area (Å²) in [5.74, 6) is 0. The molecule has 1 aromatic rings. The molecule has 0 atom stereocenters. The number of aromatic amines is 1. The molecule has 0 fully saturated rings. The Morgan fingerprint density at radius 3 is 3.14 bits per heavy atom. The first-order valence-corrected chi connectivity index (χ1v) is 5.13. The summed E-state index contributed by atoms with van der Waals surface area (Å²) in [6.45, 7) is 3.86. The average Bonchev–Trinajstić information content (AvgIpc) is 2.18. The summed E-state index contributed by atoms with van der Waals surface area (Å²) in [5.41, 5.74) is 3.06. The van der Waals surface area contributed by atoms with Gasteiger partial charge in [0.05, 0.1) is 5.69 Å². The second-order valence-corrected chi connectivity index (χ2v) is 3.62. The van der Waals surface area contributed by atoms with Crippen LogP contribution in [0.1, 0.15) is 30.3 Å². The first kappa shape index (κ1) is 9.40. The fourth-order valence-electron chi connectivity index (χ4n) is 1.91. The van der Waals surface area contributed by atoms with Crippen LogP contribution in [0.15, 0.2) is 4.79 Å². The molecule has 1 aliphatic rings. The van der Waals surface area contributed by atoms with Crippen molar-refractivity contribution in [3.63, 3.8) is 0 Å². The minimum Gasteiger partial charge on any atom is -0.311 e. The van der Waals surface area contributed by atoms with Gasteiger partial charge in [-0.05, 0) is 24.9 Å². The van der Waals surface area contributed by atoms with Gasteiger partial charge >= 0.3 is 5.69 Å². The van der Waals surface area contributed by atoms with Gasteiger partial charge in [0, 0.05) is 12.2 Å². The van der Waals surface area contributed by atoms with E-state index in [1.165, 1.54) is 5.56 Å². The quantitative estimate of drug-likeness (QED) is 0.713. The highest BCUT2D eigenvalue weighted by atomic mass is 16.1. The third-order valence-electron chi connectivity index (χ3n) is 2.55. The normalized spacial score (nSPS) is 15.2. The van der Waals surface area contributed by atoms with Crippen molar-refractivity contribution in [2.45, 2.75) is 32.7 Å². The van der Waals surface area contributed by atoms with Gasteiger partial charge in [0.1, 0.15) is 0 Å². The van der Waals surface area contributed by atoms with Crippen LogP contribution < -0.4 is 11.0 Å². The van der Waals surface area contributed by atoms with Gasteiger partial charge in [-0.15, -0.1) is 0 Å². The topological polar surface area (TPSA) is 57.8 Å². The zero-order valence-electron chi connectivity index (χ0n) is 8.39. The molecule has 0 saturated heterocycles.